The number of carbonyl (C=O) groups excluding carboxylic acids is 1. The van der Waals surface area contributed by atoms with E-state index in [0.29, 0.717) is 5.92 Å². The van der Waals surface area contributed by atoms with Crippen molar-refractivity contribution >= 4 is 5.91 Å². The Balaban J connectivity index is 2.12. The van der Waals surface area contributed by atoms with E-state index in [2.05, 4.69) is 12.2 Å². The Morgan fingerprint density at radius 3 is 2.81 bits per heavy atom. The first-order valence-electron chi connectivity index (χ1n) is 6.35. The maximum atomic E-state index is 11.6. The highest BCUT2D eigenvalue weighted by Crippen LogP contribution is 2.13. The van der Waals surface area contributed by atoms with Crippen LogP contribution in [0.15, 0.2) is 0 Å². The van der Waals surface area contributed by atoms with Crippen molar-refractivity contribution in [1.29, 1.82) is 0 Å². The lowest BCUT2D eigenvalue weighted by molar-refractivity contribution is -0.122. The van der Waals surface area contributed by atoms with Crippen LogP contribution in [0, 0.1) is 5.92 Å². The zero-order chi connectivity index (χ0) is 11.8. The summed E-state index contributed by atoms with van der Waals surface area (Å²) in [5.41, 5.74) is 5.78. The van der Waals surface area contributed by atoms with E-state index in [4.69, 9.17) is 10.5 Å². The molecular weight excluding hydrogens is 204 g/mol. The topological polar surface area (TPSA) is 64.4 Å². The molecular formula is C12H24N2O2. The number of hydrogen-bond acceptors (Lipinski definition) is 3. The Hall–Kier alpha value is -0.610. The monoisotopic (exact) mass is 228 g/mol. The molecule has 1 atom stereocenters. The molecule has 1 rings (SSSR count). The summed E-state index contributed by atoms with van der Waals surface area (Å²) in [5.74, 6) is 0.566. The van der Waals surface area contributed by atoms with Crippen molar-refractivity contribution in [3.63, 3.8) is 0 Å². The Labute approximate surface area is 97.9 Å². The third-order valence-corrected chi connectivity index (χ3v) is 3.11. The molecule has 0 radical (unpaired) electrons. The van der Waals surface area contributed by atoms with Crippen LogP contribution >= 0.6 is 0 Å². The van der Waals surface area contributed by atoms with Crippen LogP contribution in [0.25, 0.3) is 0 Å². The molecule has 1 amide bonds. The molecule has 1 aliphatic rings. The molecule has 0 aromatic rings. The summed E-state index contributed by atoms with van der Waals surface area (Å²) >= 11 is 0. The van der Waals surface area contributed by atoms with Crippen LogP contribution in [0.2, 0.25) is 0 Å². The molecule has 0 saturated carbocycles. The van der Waals surface area contributed by atoms with E-state index in [1.807, 2.05) is 0 Å². The van der Waals surface area contributed by atoms with E-state index in [1.165, 1.54) is 0 Å². The summed E-state index contributed by atoms with van der Waals surface area (Å²) in [6, 6.07) is -0.334. The van der Waals surface area contributed by atoms with Crippen LogP contribution in [0.1, 0.15) is 39.0 Å². The minimum atomic E-state index is -0.334. The maximum absolute atomic E-state index is 11.6. The number of nitrogens with two attached hydrogens (primary N) is 1. The van der Waals surface area contributed by atoms with Crippen molar-refractivity contribution in [3.05, 3.63) is 0 Å². The number of nitrogens with one attached hydrogen (secondary N) is 1. The molecule has 16 heavy (non-hydrogen) atoms. The summed E-state index contributed by atoms with van der Waals surface area (Å²) < 4.78 is 5.27. The van der Waals surface area contributed by atoms with Crippen molar-refractivity contribution in [1.82, 2.24) is 5.32 Å². The van der Waals surface area contributed by atoms with E-state index >= 15 is 0 Å². The number of amides is 1. The largest absolute Gasteiger partial charge is 0.381 e. The molecule has 1 saturated heterocycles. The SMILES string of the molecule is CCCC[C@H](N)C(=O)NCC1CCOCC1. The number of carbonyl (C=O) groups is 1. The lowest BCUT2D eigenvalue weighted by atomic mass is 10.0. The fourth-order valence-electron chi connectivity index (χ4n) is 1.88. The van der Waals surface area contributed by atoms with Crippen LogP contribution in [0.4, 0.5) is 0 Å². The molecule has 0 unspecified atom stereocenters. The maximum Gasteiger partial charge on any atom is 0.236 e. The second-order valence-electron chi connectivity index (χ2n) is 4.55. The van der Waals surface area contributed by atoms with Gasteiger partial charge >= 0.3 is 0 Å². The molecule has 0 bridgehead atoms. The summed E-state index contributed by atoms with van der Waals surface area (Å²) in [6.07, 6.45) is 4.98. The summed E-state index contributed by atoms with van der Waals surface area (Å²) in [6.45, 7) is 4.50. The fourth-order valence-corrected chi connectivity index (χ4v) is 1.88. The lowest BCUT2D eigenvalue weighted by Crippen LogP contribution is -2.43. The highest BCUT2D eigenvalue weighted by atomic mass is 16.5. The molecule has 94 valence electrons. The molecule has 0 aromatic carbocycles. The second kappa shape index (κ2) is 7.63. The van der Waals surface area contributed by atoms with E-state index in [-0.39, 0.29) is 11.9 Å². The third kappa shape index (κ3) is 4.94. The van der Waals surface area contributed by atoms with Crippen LogP contribution in [0.5, 0.6) is 0 Å². The predicted octanol–water partition coefficient (Wildman–Crippen LogP) is 1.05. The van der Waals surface area contributed by atoms with Gasteiger partial charge in [0, 0.05) is 19.8 Å². The van der Waals surface area contributed by atoms with Gasteiger partial charge in [0.2, 0.25) is 5.91 Å². The first-order chi connectivity index (χ1) is 7.74. The zero-order valence-corrected chi connectivity index (χ0v) is 10.2. The average molecular weight is 228 g/mol. The molecule has 1 heterocycles. The molecule has 3 N–H and O–H groups in total. The van der Waals surface area contributed by atoms with Gasteiger partial charge in [-0.1, -0.05) is 19.8 Å². The molecule has 1 fully saturated rings. The van der Waals surface area contributed by atoms with Gasteiger partial charge < -0.3 is 15.8 Å². The van der Waals surface area contributed by atoms with Crippen molar-refractivity contribution in [2.24, 2.45) is 11.7 Å². The number of unbranched alkanes of at least 4 members (excludes halogenated alkanes) is 1. The van der Waals surface area contributed by atoms with Crippen LogP contribution in [-0.2, 0) is 9.53 Å². The fraction of sp³-hybridized carbons (Fsp3) is 0.917. The summed E-state index contributed by atoms with van der Waals surface area (Å²) in [5, 5.41) is 2.94. The highest BCUT2D eigenvalue weighted by molar-refractivity contribution is 5.81. The minimum absolute atomic E-state index is 0.0000539. The number of hydrogen-bond donors (Lipinski definition) is 2. The Kier molecular flexibility index (Phi) is 6.42. The molecule has 0 aliphatic carbocycles. The molecule has 0 aromatic heterocycles. The van der Waals surface area contributed by atoms with Gasteiger partial charge in [0.05, 0.1) is 6.04 Å². The number of ether oxygens (including phenoxy) is 1. The average Bonchev–Trinajstić information content (AvgIpc) is 2.34. The van der Waals surface area contributed by atoms with Gasteiger partial charge in [-0.05, 0) is 25.2 Å². The van der Waals surface area contributed by atoms with Gasteiger partial charge in [-0.3, -0.25) is 4.79 Å². The first-order valence-corrected chi connectivity index (χ1v) is 6.35. The van der Waals surface area contributed by atoms with E-state index < -0.39 is 0 Å². The van der Waals surface area contributed by atoms with E-state index in [1.54, 1.807) is 0 Å². The second-order valence-corrected chi connectivity index (χ2v) is 4.55. The smallest absolute Gasteiger partial charge is 0.236 e. The third-order valence-electron chi connectivity index (χ3n) is 3.11. The van der Waals surface area contributed by atoms with Gasteiger partial charge in [0.15, 0.2) is 0 Å². The van der Waals surface area contributed by atoms with Crippen LogP contribution in [-0.4, -0.2) is 31.7 Å². The lowest BCUT2D eigenvalue weighted by Gasteiger charge is -2.23. The van der Waals surface area contributed by atoms with Gasteiger partial charge in [0.1, 0.15) is 0 Å². The molecule has 1 aliphatic heterocycles. The first kappa shape index (κ1) is 13.5. The van der Waals surface area contributed by atoms with Crippen molar-refractivity contribution < 1.29 is 9.53 Å². The van der Waals surface area contributed by atoms with Crippen LogP contribution in [0.3, 0.4) is 0 Å². The normalized spacial score (nSPS) is 19.4. The Morgan fingerprint density at radius 1 is 1.50 bits per heavy atom. The van der Waals surface area contributed by atoms with Gasteiger partial charge in [-0.2, -0.15) is 0 Å². The van der Waals surface area contributed by atoms with Crippen molar-refractivity contribution in [2.75, 3.05) is 19.8 Å². The highest BCUT2D eigenvalue weighted by Gasteiger charge is 2.17. The molecule has 0 spiro atoms. The van der Waals surface area contributed by atoms with Gasteiger partial charge in [-0.15, -0.1) is 0 Å². The van der Waals surface area contributed by atoms with Gasteiger partial charge in [-0.25, -0.2) is 0 Å². The standard InChI is InChI=1S/C12H24N2O2/c1-2-3-4-11(13)12(15)14-9-10-5-7-16-8-6-10/h10-11H,2-9,13H2,1H3,(H,14,15)/t11-/m0/s1. The predicted molar refractivity (Wildman–Crippen MR) is 64.1 cm³/mol. The quantitative estimate of drug-likeness (QED) is 0.714. The van der Waals surface area contributed by atoms with Crippen molar-refractivity contribution in [3.8, 4) is 0 Å². The minimum Gasteiger partial charge on any atom is -0.381 e. The zero-order valence-electron chi connectivity index (χ0n) is 10.2. The van der Waals surface area contributed by atoms with E-state index in [9.17, 15) is 4.79 Å². The summed E-state index contributed by atoms with van der Waals surface area (Å²) in [4.78, 5) is 11.6. The molecule has 4 heteroatoms. The Bertz CT molecular complexity index is 203. The van der Waals surface area contributed by atoms with Gasteiger partial charge in [0.25, 0.3) is 0 Å². The summed E-state index contributed by atoms with van der Waals surface area (Å²) in [7, 11) is 0. The number of rotatable bonds is 6. The van der Waals surface area contributed by atoms with E-state index in [0.717, 1.165) is 51.9 Å². The Morgan fingerprint density at radius 2 is 2.19 bits per heavy atom. The van der Waals surface area contributed by atoms with Crippen LogP contribution < -0.4 is 11.1 Å². The molecule has 4 nitrogen and oxygen atoms in total. The van der Waals surface area contributed by atoms with Crippen molar-refractivity contribution in [2.45, 2.75) is 45.1 Å².